The van der Waals surface area contributed by atoms with Crippen LogP contribution in [0, 0.1) is 0 Å². The minimum Gasteiger partial charge on any atom is -0.254 e. The second kappa shape index (κ2) is 10.9. The Morgan fingerprint density at radius 3 is 2.67 bits per heavy atom. The molecule has 0 aliphatic carbocycles. The fourth-order valence-electron chi connectivity index (χ4n) is 2.06. The molecule has 0 bridgehead atoms. The number of unbranched alkanes of at least 4 members (excludes halogenated alkanes) is 4. The van der Waals surface area contributed by atoms with Gasteiger partial charge in [0.15, 0.2) is 0 Å². The zero-order valence-electron chi connectivity index (χ0n) is 13.3. The molecule has 1 aromatic rings. The third kappa shape index (κ3) is 7.68. The number of hydrogen-bond acceptors (Lipinski definition) is 2. The largest absolute Gasteiger partial charge is 0.254 e. The molecule has 0 saturated heterocycles. The van der Waals surface area contributed by atoms with E-state index in [4.69, 9.17) is 0 Å². The molecule has 0 aliphatic heterocycles. The third-order valence-electron chi connectivity index (χ3n) is 3.21. The van der Waals surface area contributed by atoms with E-state index in [1.165, 1.54) is 31.2 Å². The number of benzene rings is 1. The molecule has 21 heavy (non-hydrogen) atoms. The smallest absolute Gasteiger partial charge is 0.0716 e. The van der Waals surface area contributed by atoms with Crippen molar-refractivity contribution in [2.24, 2.45) is 0 Å². The van der Waals surface area contributed by atoms with Crippen LogP contribution in [0.1, 0.15) is 50.2 Å². The molecule has 0 fully saturated rings. The average Bonchev–Trinajstić information content (AvgIpc) is 2.48. The van der Waals surface area contributed by atoms with Crippen LogP contribution in [0.25, 0.3) is 12.2 Å². The predicted octanol–water partition coefficient (Wildman–Crippen LogP) is 5.71. The van der Waals surface area contributed by atoms with E-state index >= 15 is 0 Å². The number of allylic oxidation sites excluding steroid dienone is 1. The molecule has 0 radical (unpaired) electrons. The highest BCUT2D eigenvalue weighted by Crippen LogP contribution is 2.20. The van der Waals surface area contributed by atoms with Gasteiger partial charge in [0.05, 0.1) is 15.0 Å². The topological polar surface area (TPSA) is 17.1 Å². The van der Waals surface area contributed by atoms with Crippen LogP contribution in [0.5, 0.6) is 0 Å². The minimum absolute atomic E-state index is 0.913. The van der Waals surface area contributed by atoms with Crippen LogP contribution in [0.15, 0.2) is 34.6 Å². The molecule has 0 aliphatic rings. The van der Waals surface area contributed by atoms with E-state index in [-0.39, 0.29) is 0 Å². The van der Waals surface area contributed by atoms with Gasteiger partial charge in [-0.2, -0.15) is 0 Å². The molecule has 0 saturated carbocycles. The van der Waals surface area contributed by atoms with Crippen molar-refractivity contribution in [1.82, 2.24) is 0 Å². The van der Waals surface area contributed by atoms with Crippen LogP contribution in [0.3, 0.4) is 0 Å². The molecule has 1 atom stereocenters. The van der Waals surface area contributed by atoms with Gasteiger partial charge >= 0.3 is 0 Å². The average molecular weight is 323 g/mol. The maximum Gasteiger partial charge on any atom is 0.0716 e. The van der Waals surface area contributed by atoms with Crippen LogP contribution >= 0.6 is 11.8 Å². The lowest BCUT2D eigenvalue weighted by Crippen LogP contribution is -1.87. The first-order valence-electron chi connectivity index (χ1n) is 7.53. The summed E-state index contributed by atoms with van der Waals surface area (Å²) < 4.78 is 12.5. The summed E-state index contributed by atoms with van der Waals surface area (Å²) >= 11 is 1.55. The Balaban J connectivity index is 2.64. The lowest BCUT2D eigenvalue weighted by atomic mass is 10.1. The summed E-state index contributed by atoms with van der Waals surface area (Å²) in [6.07, 6.45) is 16.5. The summed E-state index contributed by atoms with van der Waals surface area (Å²) in [5.74, 6) is 0. The first-order chi connectivity index (χ1) is 10.2. The second-order valence-corrected chi connectivity index (χ2v) is 7.50. The molecule has 1 unspecified atom stereocenters. The Hall–Kier alpha value is -0.800. The lowest BCUT2D eigenvalue weighted by molar-refractivity contribution is 0.675. The SMILES string of the molecule is CCCCCC/C=C/c1cccc(C=C(SC)S(C)=O)c1. The van der Waals surface area contributed by atoms with Gasteiger partial charge in [-0.3, -0.25) is 4.21 Å². The van der Waals surface area contributed by atoms with Crippen molar-refractivity contribution >= 4 is 34.7 Å². The van der Waals surface area contributed by atoms with Crippen LogP contribution in [-0.2, 0) is 10.8 Å². The standard InChI is InChI=1S/C18H26OS2/c1-4-5-6-7-8-9-11-16-12-10-13-17(14-16)15-18(20-2)21(3)19/h9-15H,4-8H2,1-3H3/b11-9+,18-15?. The van der Waals surface area contributed by atoms with Crippen molar-refractivity contribution in [3.8, 4) is 0 Å². The van der Waals surface area contributed by atoms with E-state index in [0.717, 1.165) is 16.2 Å². The highest BCUT2D eigenvalue weighted by molar-refractivity contribution is 8.16. The molecular formula is C18H26OS2. The number of hydrogen-bond donors (Lipinski definition) is 0. The molecule has 1 aromatic carbocycles. The van der Waals surface area contributed by atoms with E-state index in [2.05, 4.69) is 43.3 Å². The van der Waals surface area contributed by atoms with E-state index < -0.39 is 10.8 Å². The van der Waals surface area contributed by atoms with E-state index in [9.17, 15) is 4.21 Å². The van der Waals surface area contributed by atoms with Crippen molar-refractivity contribution in [3.05, 3.63) is 45.7 Å². The third-order valence-corrected chi connectivity index (χ3v) is 5.62. The molecule has 1 nitrogen and oxygen atoms in total. The highest BCUT2D eigenvalue weighted by Gasteiger charge is 2.00. The molecule has 0 spiro atoms. The Morgan fingerprint density at radius 2 is 2.00 bits per heavy atom. The maximum atomic E-state index is 11.6. The van der Waals surface area contributed by atoms with Gasteiger partial charge in [0, 0.05) is 6.26 Å². The molecule has 0 amide bonds. The predicted molar refractivity (Wildman–Crippen MR) is 99.8 cm³/mol. The Bertz CT molecular complexity index is 504. The zero-order valence-corrected chi connectivity index (χ0v) is 14.9. The summed E-state index contributed by atoms with van der Waals surface area (Å²) in [5, 5.41) is 0. The number of thioether (sulfide) groups is 1. The molecular weight excluding hydrogens is 296 g/mol. The van der Waals surface area contributed by atoms with Gasteiger partial charge in [0.2, 0.25) is 0 Å². The highest BCUT2D eigenvalue weighted by atomic mass is 32.2. The monoisotopic (exact) mass is 322 g/mol. The van der Waals surface area contributed by atoms with Crippen molar-refractivity contribution in [3.63, 3.8) is 0 Å². The number of rotatable bonds is 9. The van der Waals surface area contributed by atoms with Crippen LogP contribution in [0.2, 0.25) is 0 Å². The minimum atomic E-state index is -0.915. The first-order valence-corrected chi connectivity index (χ1v) is 10.3. The summed E-state index contributed by atoms with van der Waals surface area (Å²) in [6.45, 7) is 2.24. The second-order valence-electron chi connectivity index (χ2n) is 5.04. The first kappa shape index (κ1) is 18.2. The van der Waals surface area contributed by atoms with Crippen LogP contribution in [0.4, 0.5) is 0 Å². The molecule has 3 heteroatoms. The quantitative estimate of drug-likeness (QED) is 0.542. The molecule has 0 N–H and O–H groups in total. The normalized spacial score (nSPS) is 13.8. The van der Waals surface area contributed by atoms with Gasteiger partial charge in [-0.25, -0.2) is 0 Å². The molecule has 116 valence electrons. The van der Waals surface area contributed by atoms with Gasteiger partial charge in [0.25, 0.3) is 0 Å². The fourth-order valence-corrected chi connectivity index (χ4v) is 3.55. The molecule has 0 heterocycles. The van der Waals surface area contributed by atoms with Crippen molar-refractivity contribution in [2.45, 2.75) is 39.0 Å². The van der Waals surface area contributed by atoms with Gasteiger partial charge in [-0.15, -0.1) is 11.8 Å². The van der Waals surface area contributed by atoms with Crippen LogP contribution in [-0.4, -0.2) is 16.7 Å². The van der Waals surface area contributed by atoms with Crippen molar-refractivity contribution in [1.29, 1.82) is 0 Å². The maximum absolute atomic E-state index is 11.6. The van der Waals surface area contributed by atoms with E-state index in [1.807, 2.05) is 12.3 Å². The van der Waals surface area contributed by atoms with Crippen molar-refractivity contribution in [2.75, 3.05) is 12.5 Å². The van der Waals surface area contributed by atoms with E-state index in [0.29, 0.717) is 0 Å². The Labute approximate surface area is 136 Å². The fraction of sp³-hybridized carbons (Fsp3) is 0.444. The molecule has 0 aromatic heterocycles. The molecule has 1 rings (SSSR count). The van der Waals surface area contributed by atoms with Gasteiger partial charge < -0.3 is 0 Å². The summed E-state index contributed by atoms with van der Waals surface area (Å²) in [5.41, 5.74) is 2.32. The zero-order chi connectivity index (χ0) is 15.5. The lowest BCUT2D eigenvalue weighted by Gasteiger charge is -2.01. The van der Waals surface area contributed by atoms with E-state index in [1.54, 1.807) is 18.0 Å². The van der Waals surface area contributed by atoms with Gasteiger partial charge in [0.1, 0.15) is 0 Å². The summed E-state index contributed by atoms with van der Waals surface area (Å²) in [6, 6.07) is 8.37. The Morgan fingerprint density at radius 1 is 1.24 bits per heavy atom. The van der Waals surface area contributed by atoms with Gasteiger partial charge in [-0.1, -0.05) is 56.5 Å². The van der Waals surface area contributed by atoms with Crippen LogP contribution < -0.4 is 0 Å². The van der Waals surface area contributed by atoms with Crippen molar-refractivity contribution < 1.29 is 4.21 Å². The van der Waals surface area contributed by atoms with Gasteiger partial charge in [-0.05, 0) is 42.4 Å². The summed E-state index contributed by atoms with van der Waals surface area (Å²) in [7, 11) is -0.915. The summed E-state index contributed by atoms with van der Waals surface area (Å²) in [4.78, 5) is 0. The Kier molecular flexibility index (Phi) is 9.44.